The molecular weight excluding hydrogens is 372 g/mol. The van der Waals surface area contributed by atoms with Crippen molar-refractivity contribution in [1.82, 2.24) is 15.5 Å². The van der Waals surface area contributed by atoms with Gasteiger partial charge < -0.3 is 15.5 Å². The zero-order chi connectivity index (χ0) is 19.7. The van der Waals surface area contributed by atoms with Gasteiger partial charge in [0.2, 0.25) is 0 Å². The summed E-state index contributed by atoms with van der Waals surface area (Å²) in [7, 11) is 1.07. The molecule has 0 saturated carbocycles. The van der Waals surface area contributed by atoms with Crippen LogP contribution in [0.2, 0.25) is 5.02 Å². The summed E-state index contributed by atoms with van der Waals surface area (Å²) in [6.45, 7) is 5.27. The molecule has 2 unspecified atom stereocenters. The molecule has 1 rings (SSSR count). The topological polar surface area (TPSA) is 73.8 Å². The molecule has 2 atom stereocenters. The third-order valence-electron chi connectivity index (χ3n) is 3.95. The van der Waals surface area contributed by atoms with E-state index in [2.05, 4.69) is 20.5 Å². The smallest absolute Gasteiger partial charge is 0.191 e. The predicted molar refractivity (Wildman–Crippen MR) is 111 cm³/mol. The van der Waals surface area contributed by atoms with Crippen molar-refractivity contribution in [3.05, 3.63) is 34.9 Å². The Morgan fingerprint density at radius 1 is 1.27 bits per heavy atom. The maximum atomic E-state index is 11.3. The van der Waals surface area contributed by atoms with Crippen molar-refractivity contribution in [3.8, 4) is 0 Å². The van der Waals surface area contributed by atoms with E-state index in [1.54, 1.807) is 0 Å². The highest BCUT2D eigenvalue weighted by atomic mass is 35.5. The average molecular weight is 403 g/mol. The molecule has 2 N–H and O–H groups in total. The van der Waals surface area contributed by atoms with E-state index in [0.29, 0.717) is 23.9 Å². The van der Waals surface area contributed by atoms with Crippen molar-refractivity contribution in [2.45, 2.75) is 32.4 Å². The molecule has 0 aromatic heterocycles. The molecule has 26 heavy (non-hydrogen) atoms. The van der Waals surface area contributed by atoms with Crippen LogP contribution >= 0.6 is 11.6 Å². The lowest BCUT2D eigenvalue weighted by Gasteiger charge is -2.24. The minimum atomic E-state index is -2.96. The Kier molecular flexibility index (Phi) is 9.39. The fraction of sp³-hybridized carbons (Fsp3) is 0.611. The van der Waals surface area contributed by atoms with Crippen LogP contribution in [0.1, 0.15) is 31.9 Å². The Hall–Kier alpha value is -1.31. The highest BCUT2D eigenvalue weighted by Gasteiger charge is 2.15. The van der Waals surface area contributed by atoms with Crippen molar-refractivity contribution in [2.24, 2.45) is 4.99 Å². The standard InChI is InChI=1S/C18H31ClN4O2S/c1-6-20-18(22-14(2)11-12-26(5,24)25)21-13-17(23(3)4)15-7-9-16(19)10-8-15/h7-10,14,17H,6,11-13H2,1-5H3,(H2,20,21,22). The molecule has 0 aliphatic rings. The second kappa shape index (κ2) is 10.7. The molecule has 0 radical (unpaired) electrons. The van der Waals surface area contributed by atoms with E-state index in [-0.39, 0.29) is 17.8 Å². The van der Waals surface area contributed by atoms with Gasteiger partial charge in [-0.05, 0) is 52.1 Å². The van der Waals surface area contributed by atoms with Gasteiger partial charge in [0.25, 0.3) is 0 Å². The summed E-state index contributed by atoms with van der Waals surface area (Å²) in [6.07, 6.45) is 1.80. The van der Waals surface area contributed by atoms with Gasteiger partial charge >= 0.3 is 0 Å². The second-order valence-corrected chi connectivity index (χ2v) is 9.41. The van der Waals surface area contributed by atoms with Crippen LogP contribution in [0.4, 0.5) is 0 Å². The lowest BCUT2D eigenvalue weighted by Crippen LogP contribution is -2.43. The van der Waals surface area contributed by atoms with E-state index in [1.165, 1.54) is 6.26 Å². The zero-order valence-corrected chi connectivity index (χ0v) is 17.9. The molecule has 0 bridgehead atoms. The number of likely N-dealkylation sites (N-methyl/N-ethyl adjacent to an activating group) is 1. The third kappa shape index (κ3) is 8.87. The first-order valence-electron chi connectivity index (χ1n) is 8.76. The van der Waals surface area contributed by atoms with Crippen LogP contribution in [0, 0.1) is 0 Å². The van der Waals surface area contributed by atoms with E-state index in [4.69, 9.17) is 11.6 Å². The molecule has 0 aliphatic carbocycles. The molecule has 0 aliphatic heterocycles. The van der Waals surface area contributed by atoms with Crippen molar-refractivity contribution < 1.29 is 8.42 Å². The largest absolute Gasteiger partial charge is 0.357 e. The summed E-state index contributed by atoms with van der Waals surface area (Å²) in [4.78, 5) is 6.80. The maximum Gasteiger partial charge on any atom is 0.191 e. The molecule has 8 heteroatoms. The van der Waals surface area contributed by atoms with E-state index < -0.39 is 9.84 Å². The third-order valence-corrected chi connectivity index (χ3v) is 5.18. The van der Waals surface area contributed by atoms with Gasteiger partial charge in [-0.1, -0.05) is 23.7 Å². The maximum absolute atomic E-state index is 11.3. The SMILES string of the molecule is CCNC(=NCC(c1ccc(Cl)cc1)N(C)C)NC(C)CCS(C)(=O)=O. The number of benzene rings is 1. The van der Waals surface area contributed by atoms with Gasteiger partial charge in [0, 0.05) is 23.9 Å². The molecule has 0 spiro atoms. The van der Waals surface area contributed by atoms with Crippen LogP contribution in [-0.2, 0) is 9.84 Å². The molecule has 1 aromatic carbocycles. The van der Waals surface area contributed by atoms with Crippen LogP contribution in [0.25, 0.3) is 0 Å². The number of hydrogen-bond acceptors (Lipinski definition) is 4. The van der Waals surface area contributed by atoms with Crippen molar-refractivity contribution >= 4 is 27.4 Å². The Morgan fingerprint density at radius 3 is 2.38 bits per heavy atom. The molecule has 0 saturated heterocycles. The number of halogens is 1. The number of guanidine groups is 1. The summed E-state index contributed by atoms with van der Waals surface area (Å²) in [6, 6.07) is 7.92. The molecule has 6 nitrogen and oxygen atoms in total. The second-order valence-electron chi connectivity index (χ2n) is 6.71. The lowest BCUT2D eigenvalue weighted by atomic mass is 10.1. The monoisotopic (exact) mass is 402 g/mol. The highest BCUT2D eigenvalue weighted by Crippen LogP contribution is 2.20. The van der Waals surface area contributed by atoms with Gasteiger partial charge in [0.1, 0.15) is 9.84 Å². The van der Waals surface area contributed by atoms with Gasteiger partial charge in [0.15, 0.2) is 5.96 Å². The lowest BCUT2D eigenvalue weighted by molar-refractivity contribution is 0.306. The fourth-order valence-corrected chi connectivity index (χ4v) is 3.35. The van der Waals surface area contributed by atoms with Crippen LogP contribution < -0.4 is 10.6 Å². The normalized spacial score (nSPS) is 15.0. The predicted octanol–water partition coefficient (Wildman–Crippen LogP) is 2.32. The minimum absolute atomic E-state index is 0.0101. The Morgan fingerprint density at radius 2 is 1.88 bits per heavy atom. The summed E-state index contributed by atoms with van der Waals surface area (Å²) in [5, 5.41) is 7.21. The van der Waals surface area contributed by atoms with Crippen molar-refractivity contribution in [2.75, 3.05) is 39.2 Å². The molecule has 1 aromatic rings. The summed E-state index contributed by atoms with van der Waals surface area (Å²) < 4.78 is 22.7. The van der Waals surface area contributed by atoms with Crippen LogP contribution in [0.3, 0.4) is 0 Å². The minimum Gasteiger partial charge on any atom is -0.357 e. The number of sulfone groups is 1. The number of aliphatic imine (C=N–C) groups is 1. The number of nitrogens with zero attached hydrogens (tertiary/aromatic N) is 2. The first-order chi connectivity index (χ1) is 12.1. The van der Waals surface area contributed by atoms with E-state index >= 15 is 0 Å². The molecular formula is C18H31ClN4O2S. The van der Waals surface area contributed by atoms with Crippen LogP contribution in [0.5, 0.6) is 0 Å². The first-order valence-corrected chi connectivity index (χ1v) is 11.2. The van der Waals surface area contributed by atoms with Crippen molar-refractivity contribution in [3.63, 3.8) is 0 Å². The Labute approximate surface area is 162 Å². The summed E-state index contributed by atoms with van der Waals surface area (Å²) in [5.74, 6) is 0.848. The van der Waals surface area contributed by atoms with Crippen molar-refractivity contribution in [1.29, 1.82) is 0 Å². The van der Waals surface area contributed by atoms with E-state index in [1.807, 2.05) is 52.2 Å². The van der Waals surface area contributed by atoms with Gasteiger partial charge in [-0.2, -0.15) is 0 Å². The Bertz CT molecular complexity index is 675. The van der Waals surface area contributed by atoms with Crippen LogP contribution in [0.15, 0.2) is 29.3 Å². The molecule has 0 amide bonds. The fourth-order valence-electron chi connectivity index (χ4n) is 2.45. The molecule has 0 heterocycles. The first kappa shape index (κ1) is 22.7. The average Bonchev–Trinajstić information content (AvgIpc) is 2.54. The Balaban J connectivity index is 2.79. The number of rotatable bonds is 9. The number of hydrogen-bond donors (Lipinski definition) is 2. The van der Waals surface area contributed by atoms with E-state index in [0.717, 1.165) is 12.1 Å². The van der Waals surface area contributed by atoms with Crippen LogP contribution in [-0.4, -0.2) is 64.5 Å². The quantitative estimate of drug-likeness (QED) is 0.489. The number of nitrogens with one attached hydrogen (secondary N) is 2. The molecule has 0 fully saturated rings. The highest BCUT2D eigenvalue weighted by molar-refractivity contribution is 7.90. The van der Waals surface area contributed by atoms with Gasteiger partial charge in [-0.15, -0.1) is 0 Å². The van der Waals surface area contributed by atoms with Gasteiger partial charge in [-0.3, -0.25) is 4.99 Å². The zero-order valence-electron chi connectivity index (χ0n) is 16.3. The summed E-state index contributed by atoms with van der Waals surface area (Å²) in [5.41, 5.74) is 1.14. The summed E-state index contributed by atoms with van der Waals surface area (Å²) >= 11 is 5.98. The van der Waals surface area contributed by atoms with Gasteiger partial charge in [-0.25, -0.2) is 8.42 Å². The molecule has 148 valence electrons. The van der Waals surface area contributed by atoms with E-state index in [9.17, 15) is 8.42 Å². The van der Waals surface area contributed by atoms with Gasteiger partial charge in [0.05, 0.1) is 18.3 Å².